The number of rotatable bonds is 7. The highest BCUT2D eigenvalue weighted by Gasteiger charge is 2.58. The number of hydrogen-bond donors (Lipinski definition) is 1. The van der Waals surface area contributed by atoms with Crippen molar-refractivity contribution in [1.29, 1.82) is 5.26 Å². The van der Waals surface area contributed by atoms with Gasteiger partial charge in [0.1, 0.15) is 17.3 Å². The number of carbonyl (C=O) groups is 2. The Morgan fingerprint density at radius 1 is 1.08 bits per heavy atom. The molecule has 0 aromatic heterocycles. The van der Waals surface area contributed by atoms with E-state index in [1.165, 1.54) is 35.2 Å². The number of benzene rings is 2. The zero-order valence-electron chi connectivity index (χ0n) is 20.4. The van der Waals surface area contributed by atoms with Crippen LogP contribution in [0.5, 0.6) is 5.75 Å². The minimum Gasteiger partial charge on any atom is -0.406 e. The van der Waals surface area contributed by atoms with Crippen molar-refractivity contribution in [2.75, 3.05) is 6.54 Å². The minimum absolute atomic E-state index is 0.0181. The molecule has 0 spiro atoms. The van der Waals surface area contributed by atoms with E-state index >= 15 is 0 Å². The number of hydrogen-bond acceptors (Lipinski definition) is 6. The molecule has 5 rings (SSSR count). The molecule has 0 unspecified atom stereocenters. The average Bonchev–Trinajstić information content (AvgIpc) is 3.80. The Morgan fingerprint density at radius 3 is 2.26 bits per heavy atom. The quantitative estimate of drug-likeness (QED) is 0.530. The molecule has 8 nitrogen and oxygen atoms in total. The first-order valence-electron chi connectivity index (χ1n) is 12.2. The van der Waals surface area contributed by atoms with Crippen molar-refractivity contribution in [1.82, 2.24) is 10.2 Å². The van der Waals surface area contributed by atoms with Gasteiger partial charge in [0.05, 0.1) is 26.7 Å². The Balaban J connectivity index is 1.44. The van der Waals surface area contributed by atoms with E-state index in [1.807, 2.05) is 0 Å². The number of nitrogens with zero attached hydrogens (tertiary/aromatic N) is 2. The number of carbonyl (C=O) groups excluding carboxylic acids is 2. The van der Waals surface area contributed by atoms with Gasteiger partial charge in [-0.3, -0.25) is 9.59 Å². The number of sulfone groups is 1. The van der Waals surface area contributed by atoms with Crippen molar-refractivity contribution in [3.05, 3.63) is 59.1 Å². The van der Waals surface area contributed by atoms with Gasteiger partial charge in [0.25, 0.3) is 0 Å². The fraction of sp³-hybridized carbons (Fsp3) is 0.423. The number of alkyl halides is 3. The zero-order valence-corrected chi connectivity index (χ0v) is 21.9. The van der Waals surface area contributed by atoms with Crippen molar-refractivity contribution < 1.29 is 35.9 Å². The highest BCUT2D eigenvalue weighted by atomic mass is 35.5. The molecular weight excluding hydrogens is 559 g/mol. The summed E-state index contributed by atoms with van der Waals surface area (Å²) in [6.45, 7) is -0.277. The van der Waals surface area contributed by atoms with Gasteiger partial charge in [-0.15, -0.1) is 13.2 Å². The van der Waals surface area contributed by atoms with Gasteiger partial charge in [0, 0.05) is 6.54 Å². The topological polar surface area (TPSA) is 117 Å². The lowest BCUT2D eigenvalue weighted by Gasteiger charge is -2.29. The van der Waals surface area contributed by atoms with Crippen LogP contribution in [0.25, 0.3) is 0 Å². The summed E-state index contributed by atoms with van der Waals surface area (Å²) < 4.78 is 68.7. The number of nitrogens with one attached hydrogen (secondary N) is 1. The predicted molar refractivity (Wildman–Crippen MR) is 132 cm³/mol. The maximum Gasteiger partial charge on any atom is 0.573 e. The van der Waals surface area contributed by atoms with Gasteiger partial charge in [-0.05, 0) is 61.9 Å². The normalized spacial score (nSPS) is 23.0. The third-order valence-corrected chi connectivity index (χ3v) is 10.2. The molecule has 0 bridgehead atoms. The number of likely N-dealkylation sites (tertiary alicyclic amines) is 1. The van der Waals surface area contributed by atoms with Crippen molar-refractivity contribution in [3.63, 3.8) is 0 Å². The summed E-state index contributed by atoms with van der Waals surface area (Å²) in [7, 11) is -4.04. The lowest BCUT2D eigenvalue weighted by atomic mass is 9.93. The maximum atomic E-state index is 13.9. The van der Waals surface area contributed by atoms with Gasteiger partial charge in [-0.1, -0.05) is 35.9 Å². The highest BCUT2D eigenvalue weighted by Crippen LogP contribution is 2.51. The molecule has 13 heteroatoms. The molecule has 0 radical (unpaired) electrons. The van der Waals surface area contributed by atoms with Crippen LogP contribution in [0.2, 0.25) is 5.02 Å². The lowest BCUT2D eigenvalue weighted by Crippen LogP contribution is -2.51. The lowest BCUT2D eigenvalue weighted by molar-refractivity contribution is -0.274. The van der Waals surface area contributed by atoms with Crippen LogP contribution in [-0.2, 0) is 24.8 Å². The van der Waals surface area contributed by atoms with Crippen LogP contribution < -0.4 is 10.1 Å². The molecule has 2 aromatic carbocycles. The molecule has 3 aliphatic rings. The highest BCUT2D eigenvalue weighted by molar-refractivity contribution is 7.92. The first-order chi connectivity index (χ1) is 18.3. The second-order valence-corrected chi connectivity index (χ2v) is 12.7. The van der Waals surface area contributed by atoms with E-state index < -0.39 is 56.0 Å². The standard InChI is InChI=1S/C26H23ClF3N3O5S/c27-19-3-1-2-4-21(19)39(36,37)18-13-20(22(34)32-24(15-31)9-10-24)33(14-18)23(35)25(11-12-25)16-5-7-17(8-6-16)38-26(28,29)30/h1-8,18,20H,9-14H2,(H,32,34)/t18-,20+/m1/s1. The fourth-order valence-electron chi connectivity index (χ4n) is 5.06. The van der Waals surface area contributed by atoms with Gasteiger partial charge < -0.3 is 15.0 Å². The summed E-state index contributed by atoms with van der Waals surface area (Å²) in [6, 6.07) is 11.8. The number of amides is 2. The second kappa shape index (κ2) is 9.41. The molecule has 1 heterocycles. The van der Waals surface area contributed by atoms with Crippen LogP contribution in [0.15, 0.2) is 53.4 Å². The number of nitriles is 1. The smallest absolute Gasteiger partial charge is 0.406 e. The Kier molecular flexibility index (Phi) is 6.58. The molecule has 206 valence electrons. The molecule has 1 saturated heterocycles. The Hall–Kier alpha value is -3.30. The third-order valence-electron chi connectivity index (χ3n) is 7.53. The second-order valence-electron chi connectivity index (χ2n) is 10.1. The first kappa shape index (κ1) is 27.3. The van der Waals surface area contributed by atoms with Crippen LogP contribution in [-0.4, -0.2) is 54.9 Å². The molecular formula is C26H23ClF3N3O5S. The summed E-state index contributed by atoms with van der Waals surface area (Å²) in [5.74, 6) is -1.56. The molecule has 1 aliphatic heterocycles. The van der Waals surface area contributed by atoms with Crippen molar-refractivity contribution in [2.24, 2.45) is 0 Å². The van der Waals surface area contributed by atoms with E-state index in [1.54, 1.807) is 6.07 Å². The van der Waals surface area contributed by atoms with E-state index in [0.717, 1.165) is 12.1 Å². The molecule has 1 N–H and O–H groups in total. The first-order valence-corrected chi connectivity index (χ1v) is 14.1. The van der Waals surface area contributed by atoms with Crippen LogP contribution in [0.4, 0.5) is 13.2 Å². The Bertz CT molecular complexity index is 1460. The van der Waals surface area contributed by atoms with Crippen molar-refractivity contribution >= 4 is 33.3 Å². The van der Waals surface area contributed by atoms with Crippen LogP contribution in [0.1, 0.15) is 37.7 Å². The molecule has 2 saturated carbocycles. The van der Waals surface area contributed by atoms with Crippen LogP contribution in [0.3, 0.4) is 0 Å². The van der Waals surface area contributed by atoms with E-state index in [4.69, 9.17) is 11.6 Å². The van der Waals surface area contributed by atoms with E-state index in [-0.39, 0.29) is 22.9 Å². The largest absolute Gasteiger partial charge is 0.573 e. The maximum absolute atomic E-state index is 13.9. The van der Waals surface area contributed by atoms with Crippen molar-refractivity contribution in [2.45, 2.75) is 65.6 Å². The Morgan fingerprint density at radius 2 is 1.72 bits per heavy atom. The van der Waals surface area contributed by atoms with Crippen LogP contribution >= 0.6 is 11.6 Å². The van der Waals surface area contributed by atoms with Crippen molar-refractivity contribution in [3.8, 4) is 11.8 Å². The van der Waals surface area contributed by atoms with Gasteiger partial charge in [0.2, 0.25) is 11.8 Å². The SMILES string of the molecule is N#CC1(NC(=O)[C@@H]2C[C@@H](S(=O)(=O)c3ccccc3Cl)CN2C(=O)C2(c3ccc(OC(F)(F)F)cc3)CC2)CC1. The number of ether oxygens (including phenoxy) is 1. The summed E-state index contributed by atoms with van der Waals surface area (Å²) in [5, 5.41) is 11.0. The van der Waals surface area contributed by atoms with E-state index in [2.05, 4.69) is 16.1 Å². The molecule has 2 amide bonds. The molecule has 2 aliphatic carbocycles. The number of halogens is 4. The van der Waals surface area contributed by atoms with Gasteiger partial charge >= 0.3 is 6.36 Å². The molecule has 2 atom stereocenters. The third kappa shape index (κ3) is 5.17. The van der Waals surface area contributed by atoms with Gasteiger partial charge in [0.15, 0.2) is 9.84 Å². The monoisotopic (exact) mass is 581 g/mol. The fourth-order valence-corrected chi connectivity index (χ4v) is 7.28. The summed E-state index contributed by atoms with van der Waals surface area (Å²) >= 11 is 6.16. The summed E-state index contributed by atoms with van der Waals surface area (Å²) in [4.78, 5) is 28.4. The minimum atomic E-state index is -4.87. The molecule has 39 heavy (non-hydrogen) atoms. The average molecular weight is 582 g/mol. The van der Waals surface area contributed by atoms with E-state index in [9.17, 15) is 36.4 Å². The molecule has 2 aromatic rings. The van der Waals surface area contributed by atoms with Gasteiger partial charge in [-0.2, -0.15) is 5.26 Å². The van der Waals surface area contributed by atoms with Crippen LogP contribution in [0, 0.1) is 11.3 Å². The van der Waals surface area contributed by atoms with E-state index in [0.29, 0.717) is 31.2 Å². The molecule has 3 fully saturated rings. The Labute approximate surface area is 227 Å². The zero-order chi connectivity index (χ0) is 28.2. The summed E-state index contributed by atoms with van der Waals surface area (Å²) in [5.41, 5.74) is -1.70. The predicted octanol–water partition coefficient (Wildman–Crippen LogP) is 3.89. The van der Waals surface area contributed by atoms with Gasteiger partial charge in [-0.25, -0.2) is 8.42 Å². The summed E-state index contributed by atoms with van der Waals surface area (Å²) in [6.07, 6.45) is -3.40.